The molecule has 0 amide bonds. The Morgan fingerprint density at radius 1 is 1.10 bits per heavy atom. The molecule has 1 aromatic heterocycles. The molecule has 0 fully saturated rings. The summed E-state index contributed by atoms with van der Waals surface area (Å²) in [6.45, 7) is 0.518. The van der Waals surface area contributed by atoms with Gasteiger partial charge in [-0.05, 0) is 18.2 Å². The van der Waals surface area contributed by atoms with Gasteiger partial charge in [-0.1, -0.05) is 0 Å². The van der Waals surface area contributed by atoms with Crippen molar-refractivity contribution in [3.05, 3.63) is 29.8 Å². The van der Waals surface area contributed by atoms with E-state index in [0.29, 0.717) is 41.7 Å². The molecular weight excluding hydrogens is 416 g/mol. The van der Waals surface area contributed by atoms with E-state index in [-0.39, 0.29) is 23.8 Å². The molecular formula is C17H24N6O6S. The molecule has 0 saturated heterocycles. The smallest absolute Gasteiger partial charge is 0.296 e. The molecule has 0 aliphatic rings. The summed E-state index contributed by atoms with van der Waals surface area (Å²) in [6, 6.07) is 7.47. The zero-order valence-corrected chi connectivity index (χ0v) is 17.0. The monoisotopic (exact) mass is 440 g/mol. The average molecular weight is 440 g/mol. The van der Waals surface area contributed by atoms with Crippen molar-refractivity contribution >= 4 is 33.1 Å². The molecule has 0 spiro atoms. The summed E-state index contributed by atoms with van der Waals surface area (Å²) >= 11 is 0. The minimum atomic E-state index is -4.27. The van der Waals surface area contributed by atoms with Crippen molar-refractivity contribution in [2.45, 2.75) is 4.90 Å². The van der Waals surface area contributed by atoms with E-state index >= 15 is 0 Å². The fraction of sp³-hybridized carbons (Fsp3) is 0.294. The second-order valence-electron chi connectivity index (χ2n) is 5.61. The highest BCUT2D eigenvalue weighted by molar-refractivity contribution is 7.86. The first-order valence-corrected chi connectivity index (χ1v) is 9.93. The van der Waals surface area contributed by atoms with E-state index in [0.717, 1.165) is 6.07 Å². The maximum atomic E-state index is 10.7. The molecule has 0 aliphatic carbocycles. The third kappa shape index (κ3) is 7.26. The van der Waals surface area contributed by atoms with Gasteiger partial charge in [-0.3, -0.25) is 4.55 Å². The van der Waals surface area contributed by atoms with Crippen molar-refractivity contribution in [2.75, 3.05) is 55.5 Å². The number of hydrogen-bond acceptors (Lipinski definition) is 11. The first kappa shape index (κ1) is 24.7. The van der Waals surface area contributed by atoms with E-state index in [1.165, 1.54) is 25.3 Å². The summed E-state index contributed by atoms with van der Waals surface area (Å²) < 4.78 is 35.0. The largest absolute Gasteiger partial charge is 0.497 e. The summed E-state index contributed by atoms with van der Waals surface area (Å²) in [5.74, 6) is 1.08. The van der Waals surface area contributed by atoms with E-state index in [1.54, 1.807) is 0 Å². The lowest BCUT2D eigenvalue weighted by molar-refractivity contribution is 0.311. The van der Waals surface area contributed by atoms with E-state index in [4.69, 9.17) is 36.2 Å². The standard InChI is InChI=1S/C10H15N5O2.C7H9NO4S/c11-6-7-5-8(12)10(14-2-4-17)15-9(7)13-1-3-16;1-12-5-2-3-6(8)7(4-5)13(9,10)11/h5,16-17H,1-4,12H2,(H2,13,14,15);2-4H,8H2,1H3,(H,9,10,11). The number of aromatic nitrogens is 1. The Morgan fingerprint density at radius 3 is 2.20 bits per heavy atom. The van der Waals surface area contributed by atoms with Gasteiger partial charge in [0.05, 0.1) is 37.3 Å². The number of nitrogens with one attached hydrogen (secondary N) is 2. The molecule has 0 bridgehead atoms. The van der Waals surface area contributed by atoms with E-state index in [9.17, 15) is 8.42 Å². The van der Waals surface area contributed by atoms with Crippen molar-refractivity contribution in [2.24, 2.45) is 0 Å². The molecule has 9 N–H and O–H groups in total. The highest BCUT2D eigenvalue weighted by Gasteiger charge is 2.14. The number of nitrogens with two attached hydrogens (primary N) is 2. The first-order valence-electron chi connectivity index (χ1n) is 8.49. The van der Waals surface area contributed by atoms with Gasteiger partial charge in [0, 0.05) is 19.2 Å². The Kier molecular flexibility index (Phi) is 9.59. The number of anilines is 4. The summed E-state index contributed by atoms with van der Waals surface area (Å²) in [6.07, 6.45) is 0. The molecule has 2 rings (SSSR count). The van der Waals surface area contributed by atoms with Crippen LogP contribution in [0.3, 0.4) is 0 Å². The van der Waals surface area contributed by atoms with Gasteiger partial charge in [-0.15, -0.1) is 0 Å². The third-order valence-corrected chi connectivity index (χ3v) is 4.39. The van der Waals surface area contributed by atoms with E-state index in [1.807, 2.05) is 6.07 Å². The summed E-state index contributed by atoms with van der Waals surface area (Å²) in [5.41, 5.74) is 11.7. The molecule has 2 aromatic rings. The third-order valence-electron chi connectivity index (χ3n) is 3.48. The zero-order chi connectivity index (χ0) is 22.7. The molecule has 0 atom stereocenters. The molecule has 13 heteroatoms. The normalized spacial score (nSPS) is 10.4. The van der Waals surface area contributed by atoms with Crippen molar-refractivity contribution in [3.63, 3.8) is 0 Å². The molecule has 30 heavy (non-hydrogen) atoms. The zero-order valence-electron chi connectivity index (χ0n) is 16.2. The van der Waals surface area contributed by atoms with Crippen LogP contribution in [0.2, 0.25) is 0 Å². The average Bonchev–Trinajstić information content (AvgIpc) is 2.71. The number of methoxy groups -OCH3 is 1. The van der Waals surface area contributed by atoms with Crippen molar-refractivity contribution in [1.82, 2.24) is 4.98 Å². The fourth-order valence-corrected chi connectivity index (χ4v) is 2.74. The molecule has 0 radical (unpaired) electrons. The number of nitriles is 1. The van der Waals surface area contributed by atoms with Crippen LogP contribution < -0.4 is 26.8 Å². The Morgan fingerprint density at radius 2 is 1.70 bits per heavy atom. The number of nitrogens with zero attached hydrogens (tertiary/aromatic N) is 2. The minimum absolute atomic E-state index is 0.0108. The second kappa shape index (κ2) is 11.6. The van der Waals surface area contributed by atoms with Crippen LogP contribution in [0.1, 0.15) is 5.56 Å². The van der Waals surface area contributed by atoms with Crippen LogP contribution in [0.4, 0.5) is 23.0 Å². The Labute approximate surface area is 173 Å². The van der Waals surface area contributed by atoms with Gasteiger partial charge in [0.25, 0.3) is 10.1 Å². The molecule has 12 nitrogen and oxygen atoms in total. The number of pyridine rings is 1. The Balaban J connectivity index is 0.000000311. The molecule has 1 heterocycles. The van der Waals surface area contributed by atoms with Crippen LogP contribution >= 0.6 is 0 Å². The molecule has 164 valence electrons. The van der Waals surface area contributed by atoms with Gasteiger partial charge < -0.3 is 37.1 Å². The number of rotatable bonds is 8. The van der Waals surface area contributed by atoms with Crippen LogP contribution in [0.15, 0.2) is 29.2 Å². The van der Waals surface area contributed by atoms with Crippen LogP contribution in [-0.4, -0.2) is 61.6 Å². The van der Waals surface area contributed by atoms with Crippen LogP contribution in [0.5, 0.6) is 5.75 Å². The highest BCUT2D eigenvalue weighted by atomic mass is 32.2. The maximum absolute atomic E-state index is 10.7. The number of ether oxygens (including phenoxy) is 1. The van der Waals surface area contributed by atoms with Crippen molar-refractivity contribution < 1.29 is 27.9 Å². The van der Waals surface area contributed by atoms with Crippen LogP contribution in [-0.2, 0) is 10.1 Å². The lowest BCUT2D eigenvalue weighted by atomic mass is 10.2. The predicted octanol–water partition coefficient (Wildman–Crippen LogP) is -0.132. The lowest BCUT2D eigenvalue weighted by Gasteiger charge is -2.11. The number of aliphatic hydroxyl groups excluding tert-OH is 2. The van der Waals surface area contributed by atoms with E-state index in [2.05, 4.69) is 15.6 Å². The number of aliphatic hydroxyl groups is 2. The SMILES string of the molecule is COc1ccc(N)c(S(=O)(=O)O)c1.N#Cc1cc(N)c(NCCO)nc1NCCO. The maximum Gasteiger partial charge on any atom is 0.296 e. The first-order chi connectivity index (χ1) is 14.2. The predicted molar refractivity (Wildman–Crippen MR) is 112 cm³/mol. The molecule has 0 unspecified atom stereocenters. The Bertz CT molecular complexity index is 993. The van der Waals surface area contributed by atoms with Crippen LogP contribution in [0.25, 0.3) is 0 Å². The number of hydrogen-bond donors (Lipinski definition) is 7. The van der Waals surface area contributed by atoms with Gasteiger partial charge >= 0.3 is 0 Å². The number of nitrogen functional groups attached to an aromatic ring is 2. The highest BCUT2D eigenvalue weighted by Crippen LogP contribution is 2.24. The van der Waals surface area contributed by atoms with Gasteiger partial charge in [0.1, 0.15) is 22.5 Å². The topological polar surface area (TPSA) is 217 Å². The van der Waals surface area contributed by atoms with Crippen LogP contribution in [0, 0.1) is 11.3 Å². The van der Waals surface area contributed by atoms with Gasteiger partial charge in [0.15, 0.2) is 5.82 Å². The fourth-order valence-electron chi connectivity index (χ4n) is 2.10. The van der Waals surface area contributed by atoms with E-state index < -0.39 is 10.1 Å². The van der Waals surface area contributed by atoms with Gasteiger partial charge in [-0.25, -0.2) is 4.98 Å². The quantitative estimate of drug-likeness (QED) is 0.211. The van der Waals surface area contributed by atoms with Gasteiger partial charge in [-0.2, -0.15) is 13.7 Å². The summed E-state index contributed by atoms with van der Waals surface area (Å²) in [7, 11) is -2.88. The van der Waals surface area contributed by atoms with Crippen molar-refractivity contribution in [3.8, 4) is 11.8 Å². The summed E-state index contributed by atoms with van der Waals surface area (Å²) in [5, 5.41) is 32.0. The second-order valence-corrected chi connectivity index (χ2v) is 7.00. The molecule has 0 aliphatic heterocycles. The molecule has 0 saturated carbocycles. The molecule has 1 aromatic carbocycles. The van der Waals surface area contributed by atoms with Gasteiger partial charge in [0.2, 0.25) is 0 Å². The van der Waals surface area contributed by atoms with Crippen molar-refractivity contribution in [1.29, 1.82) is 5.26 Å². The Hall–Kier alpha value is -3.31. The number of benzene rings is 1. The minimum Gasteiger partial charge on any atom is -0.497 e. The summed E-state index contributed by atoms with van der Waals surface area (Å²) in [4.78, 5) is 3.79. The lowest BCUT2D eigenvalue weighted by Crippen LogP contribution is -2.13.